The Morgan fingerprint density at radius 2 is 2.15 bits per heavy atom. The highest BCUT2D eigenvalue weighted by molar-refractivity contribution is 5.83. The van der Waals surface area contributed by atoms with Gasteiger partial charge in [0.05, 0.1) is 0 Å². The maximum Gasteiger partial charge on any atom is 0.0230 e. The lowest BCUT2D eigenvalue weighted by atomic mass is 9.83. The minimum atomic E-state index is 0.665. The maximum atomic E-state index is 4.27. The topological polar surface area (TPSA) is 12.4 Å². The molecule has 13 heavy (non-hydrogen) atoms. The molecule has 0 fully saturated rings. The summed E-state index contributed by atoms with van der Waals surface area (Å²) in [6.07, 6.45) is 15.3. The second kappa shape index (κ2) is 3.73. The van der Waals surface area contributed by atoms with Crippen LogP contribution in [0, 0.1) is 11.8 Å². The Balaban J connectivity index is 2.03. The lowest BCUT2D eigenvalue weighted by Gasteiger charge is -2.23. The molecule has 2 atom stereocenters. The average molecular weight is 173 g/mol. The quantitative estimate of drug-likeness (QED) is 0.577. The number of allylic oxidation sites excluding steroid dienone is 5. The molecule has 1 nitrogen and oxygen atoms in total. The summed E-state index contributed by atoms with van der Waals surface area (Å²) >= 11 is 0. The molecule has 0 saturated carbocycles. The monoisotopic (exact) mass is 173 g/mol. The summed E-state index contributed by atoms with van der Waals surface area (Å²) < 4.78 is 0. The van der Waals surface area contributed by atoms with Crippen molar-refractivity contribution in [3.63, 3.8) is 0 Å². The van der Waals surface area contributed by atoms with Gasteiger partial charge in [0.25, 0.3) is 0 Å². The number of rotatable bonds is 1. The van der Waals surface area contributed by atoms with Gasteiger partial charge in [0.15, 0.2) is 0 Å². The Hall–Kier alpha value is -1.11. The number of hydrogen-bond acceptors (Lipinski definition) is 1. The van der Waals surface area contributed by atoms with Crippen LogP contribution in [0.3, 0.4) is 0 Å². The Morgan fingerprint density at radius 3 is 2.85 bits per heavy atom. The molecule has 1 aliphatic carbocycles. The Morgan fingerprint density at radius 1 is 1.23 bits per heavy atom. The fraction of sp³-hybridized carbons (Fsp3) is 0.417. The van der Waals surface area contributed by atoms with Gasteiger partial charge >= 0.3 is 0 Å². The lowest BCUT2D eigenvalue weighted by molar-refractivity contribution is 0.485. The first kappa shape index (κ1) is 8.49. The molecule has 0 radical (unpaired) electrons. The highest BCUT2D eigenvalue weighted by atomic mass is 14.7. The van der Waals surface area contributed by atoms with Crippen molar-refractivity contribution in [1.82, 2.24) is 0 Å². The summed E-state index contributed by atoms with van der Waals surface area (Å²) in [6, 6.07) is 0. The van der Waals surface area contributed by atoms with Gasteiger partial charge < -0.3 is 0 Å². The highest BCUT2D eigenvalue weighted by Crippen LogP contribution is 2.27. The van der Waals surface area contributed by atoms with E-state index in [9.17, 15) is 0 Å². The normalized spacial score (nSPS) is 31.9. The number of aliphatic imine (C=N–C) groups is 1. The molecule has 1 unspecified atom stereocenters. The molecular formula is C12H15N. The largest absolute Gasteiger partial charge is 0.266 e. The molecule has 2 rings (SSSR count). The van der Waals surface area contributed by atoms with Gasteiger partial charge in [-0.1, -0.05) is 30.4 Å². The molecule has 1 heterocycles. The molecule has 2 aliphatic rings. The van der Waals surface area contributed by atoms with Crippen LogP contribution < -0.4 is 0 Å². The molecule has 1 aliphatic heterocycles. The van der Waals surface area contributed by atoms with Crippen LogP contribution in [0.15, 0.2) is 41.6 Å². The number of nitrogens with zero attached hydrogens (tertiary/aromatic N) is 1. The smallest absolute Gasteiger partial charge is 0.0230 e. The van der Waals surface area contributed by atoms with E-state index in [1.807, 2.05) is 6.20 Å². The van der Waals surface area contributed by atoms with E-state index in [2.05, 4.69) is 42.3 Å². The van der Waals surface area contributed by atoms with E-state index >= 15 is 0 Å². The van der Waals surface area contributed by atoms with E-state index in [1.165, 1.54) is 12.1 Å². The van der Waals surface area contributed by atoms with Crippen LogP contribution in [0.4, 0.5) is 0 Å². The van der Waals surface area contributed by atoms with Crippen molar-refractivity contribution in [1.29, 1.82) is 0 Å². The lowest BCUT2D eigenvalue weighted by Crippen LogP contribution is -2.16. The third-order valence-electron chi connectivity index (χ3n) is 2.72. The van der Waals surface area contributed by atoms with Crippen LogP contribution in [0.2, 0.25) is 0 Å². The zero-order valence-corrected chi connectivity index (χ0v) is 7.98. The molecule has 0 aromatic heterocycles. The average Bonchev–Trinajstić information content (AvgIpc) is 2.19. The van der Waals surface area contributed by atoms with Crippen molar-refractivity contribution in [3.05, 3.63) is 36.6 Å². The standard InChI is InChI=1S/C12H15N/c1-10-9-12(7-8-13-10)11-5-3-2-4-6-11/h2-5,7-8,11-12H,6,9H2,1H3/t11?,12-/m0/s1. The Kier molecular flexibility index (Phi) is 2.44. The van der Waals surface area contributed by atoms with E-state index in [4.69, 9.17) is 0 Å². The maximum absolute atomic E-state index is 4.27. The van der Waals surface area contributed by atoms with Gasteiger partial charge in [-0.25, -0.2) is 0 Å². The molecule has 0 aromatic carbocycles. The molecule has 0 bridgehead atoms. The predicted octanol–water partition coefficient (Wildman–Crippen LogP) is 3.11. The summed E-state index contributed by atoms with van der Waals surface area (Å²) in [5, 5.41) is 0. The fourth-order valence-corrected chi connectivity index (χ4v) is 1.95. The van der Waals surface area contributed by atoms with Gasteiger partial charge in [-0.3, -0.25) is 4.99 Å². The van der Waals surface area contributed by atoms with Gasteiger partial charge in [0.2, 0.25) is 0 Å². The van der Waals surface area contributed by atoms with Gasteiger partial charge in [0.1, 0.15) is 0 Å². The molecular weight excluding hydrogens is 158 g/mol. The van der Waals surface area contributed by atoms with Crippen molar-refractivity contribution >= 4 is 5.71 Å². The first-order valence-electron chi connectivity index (χ1n) is 4.89. The Labute approximate surface area is 79.6 Å². The molecule has 0 saturated heterocycles. The van der Waals surface area contributed by atoms with Crippen LogP contribution in [0.5, 0.6) is 0 Å². The zero-order chi connectivity index (χ0) is 9.10. The Bertz CT molecular complexity index is 294. The van der Waals surface area contributed by atoms with Gasteiger partial charge in [0, 0.05) is 11.9 Å². The van der Waals surface area contributed by atoms with Crippen LogP contribution in [0.25, 0.3) is 0 Å². The second-order valence-corrected chi connectivity index (χ2v) is 3.79. The summed E-state index contributed by atoms with van der Waals surface area (Å²) in [5.41, 5.74) is 1.26. The van der Waals surface area contributed by atoms with Crippen LogP contribution in [-0.2, 0) is 0 Å². The third-order valence-corrected chi connectivity index (χ3v) is 2.72. The highest BCUT2D eigenvalue weighted by Gasteiger charge is 2.18. The van der Waals surface area contributed by atoms with Crippen LogP contribution in [0.1, 0.15) is 19.8 Å². The predicted molar refractivity (Wildman–Crippen MR) is 56.7 cm³/mol. The molecule has 68 valence electrons. The summed E-state index contributed by atoms with van der Waals surface area (Å²) in [5.74, 6) is 1.35. The van der Waals surface area contributed by atoms with E-state index < -0.39 is 0 Å². The third kappa shape index (κ3) is 1.97. The number of hydrogen-bond donors (Lipinski definition) is 0. The molecule has 0 aromatic rings. The second-order valence-electron chi connectivity index (χ2n) is 3.79. The van der Waals surface area contributed by atoms with E-state index in [1.54, 1.807) is 0 Å². The van der Waals surface area contributed by atoms with Gasteiger partial charge in [-0.15, -0.1) is 0 Å². The van der Waals surface area contributed by atoms with Gasteiger partial charge in [-0.05, 0) is 31.6 Å². The van der Waals surface area contributed by atoms with Crippen LogP contribution in [-0.4, -0.2) is 5.71 Å². The van der Waals surface area contributed by atoms with E-state index in [-0.39, 0.29) is 0 Å². The van der Waals surface area contributed by atoms with E-state index in [0.717, 1.165) is 6.42 Å². The van der Waals surface area contributed by atoms with Crippen molar-refractivity contribution < 1.29 is 0 Å². The van der Waals surface area contributed by atoms with Crippen molar-refractivity contribution in [2.45, 2.75) is 19.8 Å². The molecule has 1 heteroatoms. The minimum Gasteiger partial charge on any atom is -0.266 e. The first-order valence-corrected chi connectivity index (χ1v) is 4.89. The molecule has 0 N–H and O–H groups in total. The summed E-state index contributed by atoms with van der Waals surface area (Å²) in [4.78, 5) is 4.27. The SMILES string of the molecule is CC1=NC=C[C@H](C2C=CC=CC2)C1. The van der Waals surface area contributed by atoms with Gasteiger partial charge in [-0.2, -0.15) is 0 Å². The zero-order valence-electron chi connectivity index (χ0n) is 7.98. The molecule has 0 amide bonds. The first-order chi connectivity index (χ1) is 6.36. The van der Waals surface area contributed by atoms with Crippen molar-refractivity contribution in [2.75, 3.05) is 0 Å². The fourth-order valence-electron chi connectivity index (χ4n) is 1.95. The van der Waals surface area contributed by atoms with Crippen molar-refractivity contribution in [2.24, 2.45) is 16.8 Å². The summed E-state index contributed by atoms with van der Waals surface area (Å²) in [7, 11) is 0. The van der Waals surface area contributed by atoms with E-state index in [0.29, 0.717) is 11.8 Å². The van der Waals surface area contributed by atoms with Crippen LogP contribution >= 0.6 is 0 Å². The molecule has 0 spiro atoms. The van der Waals surface area contributed by atoms with Crippen molar-refractivity contribution in [3.8, 4) is 0 Å². The minimum absolute atomic E-state index is 0.665. The summed E-state index contributed by atoms with van der Waals surface area (Å²) in [6.45, 7) is 2.11.